The maximum atomic E-state index is 13.4. The normalized spacial score (nSPS) is 19.6. The fraction of sp³-hybridized carbons (Fsp3) is 0.706. The van der Waals surface area contributed by atoms with Crippen molar-refractivity contribution in [1.29, 1.82) is 0 Å². The molecule has 0 saturated carbocycles. The van der Waals surface area contributed by atoms with Crippen molar-refractivity contribution in [2.45, 2.75) is 294 Å². The first kappa shape index (κ1) is 73.3. The van der Waals surface area contributed by atoms with E-state index in [1.165, 1.54) is 64.2 Å². The average Bonchev–Trinajstić information content (AvgIpc) is 3.47. The van der Waals surface area contributed by atoms with Crippen LogP contribution in [-0.4, -0.2) is 99.6 Å². The Labute approximate surface area is 481 Å². The molecule has 0 aliphatic carbocycles. The topological polar surface area (TPSA) is 175 Å². The molecular formula is C68H115NO10. The minimum Gasteiger partial charge on any atom is -0.454 e. The zero-order valence-electron chi connectivity index (χ0n) is 50.0. The number of nitrogens with one attached hydrogen (secondary N) is 1. The summed E-state index contributed by atoms with van der Waals surface area (Å²) in [5.41, 5.74) is 0. The van der Waals surface area contributed by atoms with E-state index < -0.39 is 67.4 Å². The minimum absolute atomic E-state index is 0.0938. The van der Waals surface area contributed by atoms with Crippen molar-refractivity contribution in [3.8, 4) is 0 Å². The Balaban J connectivity index is 2.68. The molecule has 1 fully saturated rings. The molecule has 0 aromatic carbocycles. The molecule has 8 atom stereocenters. The SMILES string of the molecule is CC/C=C\C/C=C\C/C=C\C/C=C\C/C=C\CCCCCCCC(=O)OC1C(OCC(NC(=O)C(O)CCCCCCC/C=C\C/C=C\C/C=C\CCCCC)C(O)/C=C/CCCCCCCCCCC)OC(CO)C(O)C1O. The molecule has 1 rings (SSSR count). The minimum atomic E-state index is -1.63. The van der Waals surface area contributed by atoms with Crippen LogP contribution in [-0.2, 0) is 23.8 Å². The number of aliphatic hydroxyl groups excluding tert-OH is 5. The monoisotopic (exact) mass is 1110 g/mol. The van der Waals surface area contributed by atoms with E-state index in [4.69, 9.17) is 14.2 Å². The van der Waals surface area contributed by atoms with Crippen LogP contribution < -0.4 is 5.32 Å². The molecule has 0 spiro atoms. The van der Waals surface area contributed by atoms with Gasteiger partial charge in [0.05, 0.1) is 25.4 Å². The van der Waals surface area contributed by atoms with Crippen molar-refractivity contribution in [2.75, 3.05) is 13.2 Å². The second kappa shape index (κ2) is 54.9. The Hall–Kier alpha value is -3.68. The third kappa shape index (κ3) is 42.8. The highest BCUT2D eigenvalue weighted by atomic mass is 16.7. The Bertz CT molecular complexity index is 1700. The van der Waals surface area contributed by atoms with E-state index in [0.29, 0.717) is 12.8 Å². The number of aliphatic hydroxyl groups is 5. The summed E-state index contributed by atoms with van der Waals surface area (Å²) in [5.74, 6) is -1.23. The largest absolute Gasteiger partial charge is 0.454 e. The zero-order valence-corrected chi connectivity index (χ0v) is 50.0. The molecule has 1 heterocycles. The van der Waals surface area contributed by atoms with Gasteiger partial charge in [-0.3, -0.25) is 9.59 Å². The smallest absolute Gasteiger partial charge is 0.306 e. The van der Waals surface area contributed by atoms with Crippen molar-refractivity contribution >= 4 is 11.9 Å². The number of allylic oxidation sites excluding steroid dienone is 17. The van der Waals surface area contributed by atoms with Crippen LogP contribution in [0.25, 0.3) is 0 Å². The molecule has 11 heteroatoms. The van der Waals surface area contributed by atoms with E-state index in [0.717, 1.165) is 135 Å². The molecule has 1 saturated heterocycles. The summed E-state index contributed by atoms with van der Waals surface area (Å²) in [5, 5.41) is 57.0. The van der Waals surface area contributed by atoms with Crippen LogP contribution in [0.15, 0.2) is 109 Å². The van der Waals surface area contributed by atoms with Gasteiger partial charge in [-0.05, 0) is 109 Å². The van der Waals surface area contributed by atoms with Crippen molar-refractivity contribution in [2.24, 2.45) is 0 Å². The van der Waals surface area contributed by atoms with Gasteiger partial charge in [-0.25, -0.2) is 0 Å². The highest BCUT2D eigenvalue weighted by Gasteiger charge is 2.47. The molecule has 6 N–H and O–H groups in total. The van der Waals surface area contributed by atoms with Crippen LogP contribution in [0.3, 0.4) is 0 Å². The molecule has 0 aromatic rings. The molecule has 1 amide bonds. The van der Waals surface area contributed by atoms with E-state index in [1.54, 1.807) is 6.08 Å². The molecule has 1 aliphatic heterocycles. The molecule has 8 unspecified atom stereocenters. The molecule has 79 heavy (non-hydrogen) atoms. The highest BCUT2D eigenvalue weighted by molar-refractivity contribution is 5.80. The van der Waals surface area contributed by atoms with Gasteiger partial charge < -0.3 is 45.1 Å². The summed E-state index contributed by atoms with van der Waals surface area (Å²) in [7, 11) is 0. The number of carbonyl (C=O) groups excluding carboxylic acids is 2. The second-order valence-corrected chi connectivity index (χ2v) is 21.4. The second-order valence-electron chi connectivity index (χ2n) is 21.4. The van der Waals surface area contributed by atoms with Crippen molar-refractivity contribution in [3.05, 3.63) is 109 Å². The van der Waals surface area contributed by atoms with Crippen LogP contribution in [0.4, 0.5) is 0 Å². The number of esters is 1. The molecule has 0 bridgehead atoms. The third-order valence-electron chi connectivity index (χ3n) is 14.2. The van der Waals surface area contributed by atoms with Crippen molar-refractivity contribution < 1.29 is 49.3 Å². The number of unbranched alkanes of at least 4 members (excludes halogenated alkanes) is 22. The van der Waals surface area contributed by atoms with Gasteiger partial charge in [-0.1, -0.05) is 239 Å². The number of rotatable bonds is 52. The summed E-state index contributed by atoms with van der Waals surface area (Å²) in [6.45, 7) is 5.61. The van der Waals surface area contributed by atoms with E-state index in [2.05, 4.69) is 123 Å². The van der Waals surface area contributed by atoms with Gasteiger partial charge in [0.1, 0.15) is 24.4 Å². The number of amides is 1. The average molecular weight is 1110 g/mol. The van der Waals surface area contributed by atoms with Crippen LogP contribution in [0.5, 0.6) is 0 Å². The summed E-state index contributed by atoms with van der Waals surface area (Å²) in [4.78, 5) is 26.6. The predicted molar refractivity (Wildman–Crippen MR) is 328 cm³/mol. The number of ether oxygens (including phenoxy) is 3. The summed E-state index contributed by atoms with van der Waals surface area (Å²) >= 11 is 0. The molecule has 0 aromatic heterocycles. The molecule has 11 nitrogen and oxygen atoms in total. The van der Waals surface area contributed by atoms with Gasteiger partial charge in [0.15, 0.2) is 12.4 Å². The fourth-order valence-corrected chi connectivity index (χ4v) is 9.15. The number of hydrogen-bond acceptors (Lipinski definition) is 10. The Morgan fingerprint density at radius 1 is 0.506 bits per heavy atom. The number of carbonyl (C=O) groups is 2. The van der Waals surface area contributed by atoms with E-state index in [-0.39, 0.29) is 19.4 Å². The van der Waals surface area contributed by atoms with Crippen LogP contribution in [0.1, 0.15) is 245 Å². The van der Waals surface area contributed by atoms with Crippen LogP contribution in [0.2, 0.25) is 0 Å². The molecule has 0 radical (unpaired) electrons. The lowest BCUT2D eigenvalue weighted by atomic mass is 9.99. The predicted octanol–water partition coefficient (Wildman–Crippen LogP) is 15.3. The number of hydrogen-bond donors (Lipinski definition) is 6. The lowest BCUT2D eigenvalue weighted by Crippen LogP contribution is -2.61. The molecular weight excluding hydrogens is 991 g/mol. The maximum absolute atomic E-state index is 13.4. The van der Waals surface area contributed by atoms with Gasteiger partial charge in [0, 0.05) is 6.42 Å². The molecule has 1 aliphatic rings. The van der Waals surface area contributed by atoms with E-state index >= 15 is 0 Å². The van der Waals surface area contributed by atoms with Gasteiger partial charge in [-0.15, -0.1) is 0 Å². The summed E-state index contributed by atoms with van der Waals surface area (Å²) in [6.07, 6.45) is 64.0. The lowest BCUT2D eigenvalue weighted by molar-refractivity contribution is -0.305. The summed E-state index contributed by atoms with van der Waals surface area (Å²) < 4.78 is 17.6. The maximum Gasteiger partial charge on any atom is 0.306 e. The van der Waals surface area contributed by atoms with Crippen LogP contribution in [0, 0.1) is 0 Å². The van der Waals surface area contributed by atoms with Crippen molar-refractivity contribution in [1.82, 2.24) is 5.32 Å². The first-order chi connectivity index (χ1) is 38.7. The van der Waals surface area contributed by atoms with Crippen molar-refractivity contribution in [3.63, 3.8) is 0 Å². The summed E-state index contributed by atoms with van der Waals surface area (Å²) in [6, 6.07) is -1.04. The Kier molecular flexibility index (Phi) is 50.9. The van der Waals surface area contributed by atoms with Gasteiger partial charge in [0.25, 0.3) is 0 Å². The van der Waals surface area contributed by atoms with Gasteiger partial charge >= 0.3 is 5.97 Å². The van der Waals surface area contributed by atoms with Gasteiger partial charge in [0.2, 0.25) is 5.91 Å². The molecule has 452 valence electrons. The van der Waals surface area contributed by atoms with Crippen LogP contribution >= 0.6 is 0 Å². The standard InChI is InChI=1S/C68H115NO10/c1-4-7-10-13-16-19-22-24-26-28-30-31-32-34-36-38-41-44-47-50-53-56-63(73)79-66-65(75)64(74)62(57-70)78-68(66)77-58-59(60(71)54-51-48-45-42-39-21-18-15-12-9-6-3)69-67(76)61(72)55-52-49-46-43-40-37-35-33-29-27-25-23-20-17-14-11-8-5-2/h7,10,16-17,19-20,24-27,30-31,33-36,51,54,59-62,64-66,68,70-72,74-75H,4-6,8-9,11-15,18,21-23,28-29,32,37-50,52-53,55-58H2,1-3H3,(H,69,76)/b10-7-,19-16-,20-17-,26-24-,27-25-,31-30-,35-33-,36-34-,54-51+. The zero-order chi connectivity index (χ0) is 57.5. The quantitative estimate of drug-likeness (QED) is 0.0195. The first-order valence-corrected chi connectivity index (χ1v) is 31.7. The fourth-order valence-electron chi connectivity index (χ4n) is 9.15. The van der Waals surface area contributed by atoms with E-state index in [9.17, 15) is 35.1 Å². The lowest BCUT2D eigenvalue weighted by Gasteiger charge is -2.41. The Morgan fingerprint density at radius 3 is 1.39 bits per heavy atom. The van der Waals surface area contributed by atoms with E-state index in [1.807, 2.05) is 6.08 Å². The highest BCUT2D eigenvalue weighted by Crippen LogP contribution is 2.26. The first-order valence-electron chi connectivity index (χ1n) is 31.7. The third-order valence-corrected chi connectivity index (χ3v) is 14.2. The van der Waals surface area contributed by atoms with Gasteiger partial charge in [-0.2, -0.15) is 0 Å². The Morgan fingerprint density at radius 2 is 0.911 bits per heavy atom.